The molecule has 0 aromatic heterocycles. The molecular weight excluding hydrogens is 268 g/mol. The normalized spacial score (nSPS) is 31.1. The van der Waals surface area contributed by atoms with Gasteiger partial charge < -0.3 is 9.47 Å². The third-order valence-electron chi connectivity index (χ3n) is 4.59. The zero-order chi connectivity index (χ0) is 15.0. The minimum Gasteiger partial charge on any atom is -0.464 e. The summed E-state index contributed by atoms with van der Waals surface area (Å²) in [6.45, 7) is 3.93. The summed E-state index contributed by atoms with van der Waals surface area (Å²) in [7, 11) is 0. The van der Waals surface area contributed by atoms with Crippen LogP contribution >= 0.6 is 0 Å². The van der Waals surface area contributed by atoms with Crippen molar-refractivity contribution in [1.82, 2.24) is 0 Å². The highest BCUT2D eigenvalue weighted by Gasteiger charge is 2.64. The molecular formula is C17H20O4. The number of cyclic esters (lactones) is 1. The Hall–Kier alpha value is -1.84. The quantitative estimate of drug-likeness (QED) is 0.634. The van der Waals surface area contributed by atoms with Crippen molar-refractivity contribution >= 4 is 11.9 Å². The first-order chi connectivity index (χ1) is 10.0. The van der Waals surface area contributed by atoms with Crippen molar-refractivity contribution in [3.05, 3.63) is 35.9 Å². The predicted molar refractivity (Wildman–Crippen MR) is 76.5 cm³/mol. The van der Waals surface area contributed by atoms with Gasteiger partial charge in [-0.3, -0.25) is 9.59 Å². The van der Waals surface area contributed by atoms with Crippen LogP contribution in [-0.2, 0) is 19.1 Å². The minimum atomic E-state index is -1.09. The van der Waals surface area contributed by atoms with Gasteiger partial charge in [-0.1, -0.05) is 30.3 Å². The van der Waals surface area contributed by atoms with Gasteiger partial charge in [-0.05, 0) is 38.2 Å². The van der Waals surface area contributed by atoms with E-state index in [0.29, 0.717) is 13.0 Å². The third kappa shape index (κ3) is 2.23. The lowest BCUT2D eigenvalue weighted by Gasteiger charge is -2.23. The standard InChI is InChI=1S/C17H20O4/c1-11(2)21-16(19)17-9-13(12-6-4-3-5-7-12)8-14(17)10-20-15(17)18/h3-7,11,13-14H,8-10H2,1-2H3. The smallest absolute Gasteiger partial charge is 0.324 e. The summed E-state index contributed by atoms with van der Waals surface area (Å²) >= 11 is 0. The number of carbonyl (C=O) groups is 2. The molecule has 21 heavy (non-hydrogen) atoms. The molecule has 3 unspecified atom stereocenters. The Balaban J connectivity index is 1.89. The second-order valence-electron chi connectivity index (χ2n) is 6.27. The van der Waals surface area contributed by atoms with Crippen LogP contribution in [0.4, 0.5) is 0 Å². The SMILES string of the molecule is CC(C)OC(=O)C12CC(c3ccccc3)CC1COC2=O. The molecule has 1 aliphatic heterocycles. The summed E-state index contributed by atoms with van der Waals surface area (Å²) in [5.41, 5.74) is 0.0848. The average Bonchev–Trinajstić information content (AvgIpc) is 2.98. The Morgan fingerprint density at radius 1 is 1.33 bits per heavy atom. The predicted octanol–water partition coefficient (Wildman–Crippen LogP) is 2.68. The summed E-state index contributed by atoms with van der Waals surface area (Å²) in [5, 5.41) is 0. The van der Waals surface area contributed by atoms with Crippen LogP contribution in [0.5, 0.6) is 0 Å². The number of esters is 2. The van der Waals surface area contributed by atoms with E-state index < -0.39 is 17.4 Å². The highest BCUT2D eigenvalue weighted by Crippen LogP contribution is 2.55. The second kappa shape index (κ2) is 5.17. The zero-order valence-electron chi connectivity index (χ0n) is 12.4. The molecule has 3 rings (SSSR count). The molecule has 1 heterocycles. The monoisotopic (exact) mass is 288 g/mol. The van der Waals surface area contributed by atoms with Crippen LogP contribution in [0.15, 0.2) is 30.3 Å². The molecule has 3 atom stereocenters. The van der Waals surface area contributed by atoms with Crippen LogP contribution in [0.1, 0.15) is 38.2 Å². The van der Waals surface area contributed by atoms with Gasteiger partial charge in [-0.15, -0.1) is 0 Å². The third-order valence-corrected chi connectivity index (χ3v) is 4.59. The van der Waals surface area contributed by atoms with E-state index in [0.717, 1.165) is 6.42 Å². The number of benzene rings is 1. The van der Waals surface area contributed by atoms with Crippen molar-refractivity contribution in [3.8, 4) is 0 Å². The first-order valence-electron chi connectivity index (χ1n) is 7.47. The molecule has 1 aliphatic carbocycles. The molecule has 0 spiro atoms. The zero-order valence-corrected chi connectivity index (χ0v) is 12.4. The first kappa shape index (κ1) is 14.1. The van der Waals surface area contributed by atoms with Crippen LogP contribution in [0.25, 0.3) is 0 Å². The molecule has 1 saturated carbocycles. The first-order valence-corrected chi connectivity index (χ1v) is 7.47. The van der Waals surface area contributed by atoms with Crippen molar-refractivity contribution < 1.29 is 19.1 Å². The molecule has 2 fully saturated rings. The van der Waals surface area contributed by atoms with Crippen molar-refractivity contribution in [2.75, 3.05) is 6.61 Å². The Morgan fingerprint density at radius 2 is 2.05 bits per heavy atom. The van der Waals surface area contributed by atoms with Crippen LogP contribution in [0.2, 0.25) is 0 Å². The number of hydrogen-bond donors (Lipinski definition) is 0. The molecule has 1 saturated heterocycles. The number of fused-ring (bicyclic) bond motifs is 1. The summed E-state index contributed by atoms with van der Waals surface area (Å²) in [5.74, 6) is -0.676. The van der Waals surface area contributed by atoms with E-state index in [2.05, 4.69) is 12.1 Å². The highest BCUT2D eigenvalue weighted by atomic mass is 16.6. The van der Waals surface area contributed by atoms with Gasteiger partial charge in [-0.2, -0.15) is 0 Å². The van der Waals surface area contributed by atoms with Crippen LogP contribution in [-0.4, -0.2) is 24.6 Å². The number of ether oxygens (including phenoxy) is 2. The molecule has 0 amide bonds. The van der Waals surface area contributed by atoms with Crippen molar-refractivity contribution in [2.45, 2.75) is 38.7 Å². The lowest BCUT2D eigenvalue weighted by molar-refractivity contribution is -0.168. The summed E-state index contributed by atoms with van der Waals surface area (Å²) in [6, 6.07) is 10.1. The van der Waals surface area contributed by atoms with Gasteiger partial charge in [0.2, 0.25) is 0 Å². The molecule has 4 nitrogen and oxygen atoms in total. The molecule has 2 aliphatic rings. The molecule has 0 bridgehead atoms. The van der Waals surface area contributed by atoms with Gasteiger partial charge in [0, 0.05) is 5.92 Å². The topological polar surface area (TPSA) is 52.6 Å². The number of hydrogen-bond acceptors (Lipinski definition) is 4. The largest absolute Gasteiger partial charge is 0.464 e. The Morgan fingerprint density at radius 3 is 2.71 bits per heavy atom. The molecule has 1 aromatic carbocycles. The molecule has 112 valence electrons. The minimum absolute atomic E-state index is 0.0681. The number of rotatable bonds is 3. The second-order valence-corrected chi connectivity index (χ2v) is 6.27. The van der Waals surface area contributed by atoms with E-state index in [1.54, 1.807) is 13.8 Å². The van der Waals surface area contributed by atoms with Gasteiger partial charge >= 0.3 is 11.9 Å². The van der Waals surface area contributed by atoms with E-state index in [-0.39, 0.29) is 17.9 Å². The van der Waals surface area contributed by atoms with Crippen molar-refractivity contribution in [1.29, 1.82) is 0 Å². The van der Waals surface area contributed by atoms with E-state index in [1.165, 1.54) is 5.56 Å². The van der Waals surface area contributed by atoms with Gasteiger partial charge in [0.05, 0.1) is 12.7 Å². The van der Waals surface area contributed by atoms with Gasteiger partial charge in [0.15, 0.2) is 5.41 Å². The average molecular weight is 288 g/mol. The van der Waals surface area contributed by atoms with E-state index in [4.69, 9.17) is 9.47 Å². The fraction of sp³-hybridized carbons (Fsp3) is 0.529. The Bertz CT molecular complexity index is 551. The fourth-order valence-corrected chi connectivity index (χ4v) is 3.58. The summed E-state index contributed by atoms with van der Waals surface area (Å²) in [6.07, 6.45) is 1.06. The summed E-state index contributed by atoms with van der Waals surface area (Å²) < 4.78 is 10.5. The maximum absolute atomic E-state index is 12.5. The molecule has 0 N–H and O–H groups in total. The lowest BCUT2D eigenvalue weighted by Crippen LogP contribution is -2.40. The van der Waals surface area contributed by atoms with Crippen molar-refractivity contribution in [2.24, 2.45) is 11.3 Å². The summed E-state index contributed by atoms with van der Waals surface area (Å²) in [4.78, 5) is 24.8. The van der Waals surface area contributed by atoms with Crippen LogP contribution < -0.4 is 0 Å². The van der Waals surface area contributed by atoms with E-state index in [1.807, 2.05) is 18.2 Å². The van der Waals surface area contributed by atoms with Gasteiger partial charge in [-0.25, -0.2) is 0 Å². The Kier molecular flexibility index (Phi) is 3.47. The van der Waals surface area contributed by atoms with Gasteiger partial charge in [0.1, 0.15) is 0 Å². The van der Waals surface area contributed by atoms with Crippen LogP contribution in [0, 0.1) is 11.3 Å². The number of carbonyl (C=O) groups excluding carboxylic acids is 2. The molecule has 0 radical (unpaired) electrons. The van der Waals surface area contributed by atoms with Crippen molar-refractivity contribution in [3.63, 3.8) is 0 Å². The maximum Gasteiger partial charge on any atom is 0.324 e. The molecule has 4 heteroatoms. The maximum atomic E-state index is 12.5. The highest BCUT2D eigenvalue weighted by molar-refractivity contribution is 6.02. The molecule has 1 aromatic rings. The fourth-order valence-electron chi connectivity index (χ4n) is 3.58. The van der Waals surface area contributed by atoms with E-state index in [9.17, 15) is 9.59 Å². The van der Waals surface area contributed by atoms with E-state index >= 15 is 0 Å². The Labute approximate surface area is 124 Å². The van der Waals surface area contributed by atoms with Crippen LogP contribution in [0.3, 0.4) is 0 Å². The van der Waals surface area contributed by atoms with Gasteiger partial charge in [0.25, 0.3) is 0 Å². The lowest BCUT2D eigenvalue weighted by atomic mass is 9.79.